The van der Waals surface area contributed by atoms with E-state index in [9.17, 15) is 4.39 Å². The molecule has 2 aliphatic carbocycles. The Bertz CT molecular complexity index is 896. The van der Waals surface area contributed by atoms with Crippen LogP contribution in [-0.4, -0.2) is 48.4 Å². The van der Waals surface area contributed by atoms with Crippen molar-refractivity contribution in [1.82, 2.24) is 15.3 Å². The van der Waals surface area contributed by atoms with Crippen LogP contribution >= 0.6 is 0 Å². The molecule has 7 heteroatoms. The van der Waals surface area contributed by atoms with E-state index >= 15 is 0 Å². The predicted octanol–water partition coefficient (Wildman–Crippen LogP) is 4.84. The second-order valence-electron chi connectivity index (χ2n) is 9.89. The summed E-state index contributed by atoms with van der Waals surface area (Å²) in [5.41, 5.74) is 2.61. The molecule has 4 rings (SSSR count). The van der Waals surface area contributed by atoms with Gasteiger partial charge in [0, 0.05) is 55.3 Å². The first-order valence-electron chi connectivity index (χ1n) is 11.8. The molecule has 2 aromatic rings. The summed E-state index contributed by atoms with van der Waals surface area (Å²) in [6.07, 6.45) is 11.7. The highest BCUT2D eigenvalue weighted by molar-refractivity contribution is 5.69. The van der Waals surface area contributed by atoms with Crippen molar-refractivity contribution in [2.45, 2.75) is 70.5 Å². The summed E-state index contributed by atoms with van der Waals surface area (Å²) in [6.45, 7) is 6.09. The Balaban J connectivity index is 1.36. The SMILES string of the molecule is COC[C@H](C)N[C@H]1CC[C@H](Nc2cc(-c3cncc(NCC4(C)CC4)c3)c(F)cn2)CC1. The lowest BCUT2D eigenvalue weighted by Gasteiger charge is -2.31. The molecular weight excluding hydrogens is 405 g/mol. The molecule has 6 nitrogen and oxygen atoms in total. The minimum Gasteiger partial charge on any atom is -0.383 e. The second-order valence-corrected chi connectivity index (χ2v) is 9.89. The molecule has 0 saturated heterocycles. The van der Waals surface area contributed by atoms with Gasteiger partial charge in [0.25, 0.3) is 0 Å². The summed E-state index contributed by atoms with van der Waals surface area (Å²) in [5.74, 6) is 0.387. The number of pyridine rings is 2. The smallest absolute Gasteiger partial charge is 0.149 e. The number of aromatic nitrogens is 2. The molecule has 0 spiro atoms. The third kappa shape index (κ3) is 6.17. The van der Waals surface area contributed by atoms with Crippen molar-refractivity contribution in [3.63, 3.8) is 0 Å². The van der Waals surface area contributed by atoms with Gasteiger partial charge < -0.3 is 20.7 Å². The Kier molecular flexibility index (Phi) is 7.26. The van der Waals surface area contributed by atoms with Crippen LogP contribution in [0, 0.1) is 11.2 Å². The standard InChI is InChI=1S/C25H36FN5O/c1-17(15-32-3)30-19-4-6-20(7-5-19)31-24-11-22(23(26)14-28-24)18-10-21(13-27-12-18)29-16-25(2)8-9-25/h10-14,17,19-20,29-30H,4-9,15-16H2,1-3H3,(H,28,31)/t17-,19-,20-/m0/s1. The molecule has 0 radical (unpaired) electrons. The fraction of sp³-hybridized carbons (Fsp3) is 0.600. The Morgan fingerprint density at radius 3 is 2.59 bits per heavy atom. The molecule has 2 fully saturated rings. The van der Waals surface area contributed by atoms with E-state index < -0.39 is 0 Å². The average Bonchev–Trinajstić information content (AvgIpc) is 3.53. The summed E-state index contributed by atoms with van der Waals surface area (Å²) < 4.78 is 19.8. The van der Waals surface area contributed by atoms with Crippen molar-refractivity contribution < 1.29 is 9.13 Å². The molecule has 0 unspecified atom stereocenters. The van der Waals surface area contributed by atoms with E-state index in [-0.39, 0.29) is 5.82 Å². The van der Waals surface area contributed by atoms with Gasteiger partial charge in [0.1, 0.15) is 11.6 Å². The average molecular weight is 442 g/mol. The fourth-order valence-electron chi connectivity index (χ4n) is 4.44. The minimum atomic E-state index is -0.330. The Hall–Kier alpha value is -2.25. The zero-order valence-corrected chi connectivity index (χ0v) is 19.5. The van der Waals surface area contributed by atoms with Gasteiger partial charge in [-0.05, 0) is 63.0 Å². The molecule has 0 aliphatic heterocycles. The number of nitrogens with one attached hydrogen (secondary N) is 3. The van der Waals surface area contributed by atoms with Crippen molar-refractivity contribution in [3.05, 3.63) is 36.5 Å². The van der Waals surface area contributed by atoms with E-state index in [1.807, 2.05) is 12.1 Å². The number of methoxy groups -OCH3 is 1. The summed E-state index contributed by atoms with van der Waals surface area (Å²) in [6, 6.07) is 5.01. The van der Waals surface area contributed by atoms with Crippen LogP contribution in [-0.2, 0) is 4.74 Å². The van der Waals surface area contributed by atoms with Crippen molar-refractivity contribution in [1.29, 1.82) is 0 Å². The van der Waals surface area contributed by atoms with Gasteiger partial charge in [-0.1, -0.05) is 6.92 Å². The van der Waals surface area contributed by atoms with E-state index in [1.54, 1.807) is 19.5 Å². The van der Waals surface area contributed by atoms with E-state index in [1.165, 1.54) is 19.0 Å². The first kappa shape index (κ1) is 22.9. The van der Waals surface area contributed by atoms with Crippen LogP contribution in [0.5, 0.6) is 0 Å². The van der Waals surface area contributed by atoms with Crippen molar-refractivity contribution >= 4 is 11.5 Å². The van der Waals surface area contributed by atoms with Crippen molar-refractivity contribution in [2.75, 3.05) is 30.9 Å². The highest BCUT2D eigenvalue weighted by Crippen LogP contribution is 2.44. The van der Waals surface area contributed by atoms with Gasteiger partial charge in [0.05, 0.1) is 18.5 Å². The molecule has 3 N–H and O–H groups in total. The molecule has 1 atom stereocenters. The fourth-order valence-corrected chi connectivity index (χ4v) is 4.44. The van der Waals surface area contributed by atoms with Gasteiger partial charge in [-0.2, -0.15) is 0 Å². The normalized spacial score (nSPS) is 22.9. The first-order chi connectivity index (χ1) is 15.4. The van der Waals surface area contributed by atoms with Gasteiger partial charge in [0.2, 0.25) is 0 Å². The molecule has 174 valence electrons. The molecule has 2 aromatic heterocycles. The molecule has 0 bridgehead atoms. The van der Waals surface area contributed by atoms with E-state index in [2.05, 4.69) is 39.8 Å². The number of hydrogen-bond acceptors (Lipinski definition) is 6. The quantitative estimate of drug-likeness (QED) is 0.490. The predicted molar refractivity (Wildman–Crippen MR) is 127 cm³/mol. The maximum absolute atomic E-state index is 14.6. The molecule has 2 heterocycles. The lowest BCUT2D eigenvalue weighted by atomic mass is 9.90. The highest BCUT2D eigenvalue weighted by Gasteiger charge is 2.36. The topological polar surface area (TPSA) is 71.1 Å². The Morgan fingerprint density at radius 2 is 1.88 bits per heavy atom. The number of halogens is 1. The molecule has 0 amide bonds. The van der Waals surface area contributed by atoms with Gasteiger partial charge in [-0.25, -0.2) is 9.37 Å². The number of rotatable bonds is 10. The van der Waals surface area contributed by atoms with E-state index in [0.717, 1.165) is 55.9 Å². The third-order valence-corrected chi connectivity index (χ3v) is 6.74. The minimum absolute atomic E-state index is 0.330. The van der Waals surface area contributed by atoms with Crippen LogP contribution in [0.1, 0.15) is 52.4 Å². The maximum atomic E-state index is 14.6. The van der Waals surface area contributed by atoms with Crippen LogP contribution in [0.2, 0.25) is 0 Å². The zero-order valence-electron chi connectivity index (χ0n) is 19.5. The summed E-state index contributed by atoms with van der Waals surface area (Å²) in [5, 5.41) is 10.6. The number of hydrogen-bond donors (Lipinski definition) is 3. The van der Waals surface area contributed by atoms with Gasteiger partial charge in [-0.3, -0.25) is 4.98 Å². The van der Waals surface area contributed by atoms with Crippen molar-refractivity contribution in [2.24, 2.45) is 5.41 Å². The van der Waals surface area contributed by atoms with Gasteiger partial charge in [0.15, 0.2) is 0 Å². The lowest BCUT2D eigenvalue weighted by molar-refractivity contribution is 0.161. The number of anilines is 2. The summed E-state index contributed by atoms with van der Waals surface area (Å²) >= 11 is 0. The van der Waals surface area contributed by atoms with Gasteiger partial charge >= 0.3 is 0 Å². The van der Waals surface area contributed by atoms with Gasteiger partial charge in [-0.15, -0.1) is 0 Å². The van der Waals surface area contributed by atoms with Crippen LogP contribution in [0.25, 0.3) is 11.1 Å². The van der Waals surface area contributed by atoms with Crippen molar-refractivity contribution in [3.8, 4) is 11.1 Å². The lowest BCUT2D eigenvalue weighted by Crippen LogP contribution is -2.42. The largest absolute Gasteiger partial charge is 0.383 e. The molecule has 32 heavy (non-hydrogen) atoms. The monoisotopic (exact) mass is 441 g/mol. The van der Waals surface area contributed by atoms with Crippen LogP contribution in [0.15, 0.2) is 30.7 Å². The van der Waals surface area contributed by atoms with Crippen LogP contribution < -0.4 is 16.0 Å². The van der Waals surface area contributed by atoms with E-state index in [0.29, 0.717) is 29.1 Å². The summed E-state index contributed by atoms with van der Waals surface area (Å²) in [4.78, 5) is 8.62. The van der Waals surface area contributed by atoms with Crippen LogP contribution in [0.3, 0.4) is 0 Å². The second kappa shape index (κ2) is 10.1. The first-order valence-corrected chi connectivity index (χ1v) is 11.8. The number of ether oxygens (including phenoxy) is 1. The highest BCUT2D eigenvalue weighted by atomic mass is 19.1. The molecular formula is C25H36FN5O. The maximum Gasteiger partial charge on any atom is 0.149 e. The molecule has 2 saturated carbocycles. The van der Waals surface area contributed by atoms with Crippen LogP contribution in [0.4, 0.5) is 15.9 Å². The Morgan fingerprint density at radius 1 is 1.12 bits per heavy atom. The zero-order chi connectivity index (χ0) is 22.6. The molecule has 0 aromatic carbocycles. The third-order valence-electron chi connectivity index (χ3n) is 6.74. The molecule has 2 aliphatic rings. The number of nitrogens with zero attached hydrogens (tertiary/aromatic N) is 2. The summed E-state index contributed by atoms with van der Waals surface area (Å²) in [7, 11) is 1.74. The Labute approximate surface area is 190 Å². The van der Waals surface area contributed by atoms with E-state index in [4.69, 9.17) is 4.74 Å².